The Labute approximate surface area is 217 Å². The molecule has 5 nitrogen and oxygen atoms in total. The largest absolute Gasteiger partial charge is 0.316 e. The number of fused-ring (bicyclic) bond motifs is 1. The van der Waals surface area contributed by atoms with Gasteiger partial charge in [0.1, 0.15) is 5.82 Å². The fourth-order valence-electron chi connectivity index (χ4n) is 4.02. The van der Waals surface area contributed by atoms with Gasteiger partial charge in [0.05, 0.1) is 11.2 Å². The van der Waals surface area contributed by atoms with Crippen molar-refractivity contribution < 1.29 is 0 Å². The lowest BCUT2D eigenvalue weighted by Gasteiger charge is -2.11. The lowest BCUT2D eigenvalue weighted by Crippen LogP contribution is -2.00. The van der Waals surface area contributed by atoms with Crippen molar-refractivity contribution in [1.29, 1.82) is 0 Å². The Morgan fingerprint density at radius 1 is 0.778 bits per heavy atom. The Hall–Kier alpha value is -4.13. The van der Waals surface area contributed by atoms with Gasteiger partial charge in [-0.1, -0.05) is 60.1 Å². The summed E-state index contributed by atoms with van der Waals surface area (Å²) in [7, 11) is 0. The fourth-order valence-corrected chi connectivity index (χ4v) is 4.87. The molecular formula is C29H20ClN5S. The maximum Gasteiger partial charge on any atom is 0.188 e. The van der Waals surface area contributed by atoms with E-state index in [1.54, 1.807) is 12.4 Å². The second-order valence-electron chi connectivity index (χ2n) is 8.32. The Morgan fingerprint density at radius 2 is 1.64 bits per heavy atom. The van der Waals surface area contributed by atoms with Crippen molar-refractivity contribution in [2.45, 2.75) is 6.42 Å². The number of anilines is 2. The van der Waals surface area contributed by atoms with Crippen LogP contribution in [0.15, 0.2) is 103 Å². The molecule has 6 aromatic rings. The van der Waals surface area contributed by atoms with Crippen LogP contribution in [0.5, 0.6) is 0 Å². The van der Waals surface area contributed by atoms with Crippen molar-refractivity contribution in [2.75, 3.05) is 5.32 Å². The Morgan fingerprint density at radius 3 is 2.44 bits per heavy atom. The van der Waals surface area contributed by atoms with Crippen LogP contribution in [-0.2, 0) is 6.42 Å². The van der Waals surface area contributed by atoms with E-state index in [-0.39, 0.29) is 0 Å². The van der Waals surface area contributed by atoms with E-state index in [0.29, 0.717) is 16.7 Å². The average Bonchev–Trinajstić information content (AvgIpc) is 3.39. The maximum absolute atomic E-state index is 6.05. The number of benzene rings is 3. The lowest BCUT2D eigenvalue weighted by molar-refractivity contribution is 1.18. The molecule has 1 N–H and O–H groups in total. The zero-order chi connectivity index (χ0) is 24.3. The predicted octanol–water partition coefficient (Wildman–Crippen LogP) is 7.80. The lowest BCUT2D eigenvalue weighted by atomic mass is 10.0. The molecule has 0 fully saturated rings. The number of nitrogens with one attached hydrogen (secondary N) is 1. The van der Waals surface area contributed by atoms with Gasteiger partial charge in [0.25, 0.3) is 0 Å². The van der Waals surface area contributed by atoms with Crippen LogP contribution in [0.3, 0.4) is 0 Å². The third-order valence-corrected chi connectivity index (χ3v) is 6.81. The maximum atomic E-state index is 6.05. The summed E-state index contributed by atoms with van der Waals surface area (Å²) in [5, 5.41) is 7.89. The van der Waals surface area contributed by atoms with E-state index in [0.717, 1.165) is 39.3 Å². The number of hydrogen-bond acceptors (Lipinski definition) is 6. The molecule has 3 aromatic carbocycles. The number of rotatable bonds is 6. The first-order valence-electron chi connectivity index (χ1n) is 11.4. The molecule has 0 saturated carbocycles. The molecule has 3 heterocycles. The summed E-state index contributed by atoms with van der Waals surface area (Å²) in [4.78, 5) is 18.8. The third kappa shape index (κ3) is 4.82. The van der Waals surface area contributed by atoms with Crippen LogP contribution in [0.25, 0.3) is 33.5 Å². The van der Waals surface area contributed by atoms with Gasteiger partial charge in [-0.3, -0.25) is 4.98 Å². The van der Waals surface area contributed by atoms with E-state index in [4.69, 9.17) is 26.6 Å². The van der Waals surface area contributed by atoms with Gasteiger partial charge >= 0.3 is 0 Å². The summed E-state index contributed by atoms with van der Waals surface area (Å²) in [5.41, 5.74) is 6.06. The number of nitrogens with zero attached hydrogens (tertiary/aromatic N) is 4. The molecule has 0 radical (unpaired) electrons. The zero-order valence-electron chi connectivity index (χ0n) is 19.1. The monoisotopic (exact) mass is 505 g/mol. The minimum absolute atomic E-state index is 0.614. The molecule has 0 aliphatic carbocycles. The van der Waals surface area contributed by atoms with E-state index in [2.05, 4.69) is 52.8 Å². The van der Waals surface area contributed by atoms with E-state index >= 15 is 0 Å². The van der Waals surface area contributed by atoms with Gasteiger partial charge in [-0.25, -0.2) is 15.0 Å². The van der Waals surface area contributed by atoms with Crippen LogP contribution in [0.4, 0.5) is 10.9 Å². The van der Waals surface area contributed by atoms with Gasteiger partial charge < -0.3 is 5.32 Å². The van der Waals surface area contributed by atoms with Gasteiger partial charge in [-0.05, 0) is 53.9 Å². The van der Waals surface area contributed by atoms with Crippen molar-refractivity contribution in [3.05, 3.63) is 119 Å². The second-order valence-corrected chi connectivity index (χ2v) is 9.62. The molecule has 3 aromatic heterocycles. The van der Waals surface area contributed by atoms with Crippen molar-refractivity contribution in [3.63, 3.8) is 0 Å². The molecule has 174 valence electrons. The van der Waals surface area contributed by atoms with Crippen LogP contribution in [-0.4, -0.2) is 19.9 Å². The summed E-state index contributed by atoms with van der Waals surface area (Å²) in [5.74, 6) is 1.33. The highest BCUT2D eigenvalue weighted by Crippen LogP contribution is 2.32. The number of hydrogen-bond donors (Lipinski definition) is 1. The summed E-state index contributed by atoms with van der Waals surface area (Å²) in [6.45, 7) is 0. The zero-order valence-corrected chi connectivity index (χ0v) is 20.7. The number of pyridine rings is 1. The first-order valence-corrected chi connectivity index (χ1v) is 12.7. The molecule has 0 aliphatic rings. The minimum Gasteiger partial charge on any atom is -0.316 e. The van der Waals surface area contributed by atoms with Gasteiger partial charge in [-0.15, -0.1) is 11.3 Å². The summed E-state index contributed by atoms with van der Waals surface area (Å²) >= 11 is 7.58. The Balaban J connectivity index is 1.40. The minimum atomic E-state index is 0.614. The van der Waals surface area contributed by atoms with Crippen LogP contribution < -0.4 is 5.32 Å². The standard InChI is InChI=1S/C29H20ClN5S/c30-23-11-9-21(10-12-23)26-18-36-29(33-26)35-28-24-16-20(15-19-5-2-1-3-6-19)8-13-25(24)32-27(34-28)22-7-4-14-31-17-22/h1-14,16-18H,15H2,(H,32,33,34,35). The first kappa shape index (κ1) is 22.3. The average molecular weight is 506 g/mol. The normalized spacial score (nSPS) is 11.0. The van der Waals surface area contributed by atoms with Crippen LogP contribution >= 0.6 is 22.9 Å². The van der Waals surface area contributed by atoms with Gasteiger partial charge in [0.2, 0.25) is 0 Å². The molecule has 0 bridgehead atoms. The smallest absolute Gasteiger partial charge is 0.188 e. The van der Waals surface area contributed by atoms with Crippen molar-refractivity contribution in [3.8, 4) is 22.6 Å². The van der Waals surface area contributed by atoms with E-state index < -0.39 is 0 Å². The number of halogens is 1. The topological polar surface area (TPSA) is 63.6 Å². The molecular weight excluding hydrogens is 486 g/mol. The number of thiazole rings is 1. The highest BCUT2D eigenvalue weighted by molar-refractivity contribution is 7.14. The predicted molar refractivity (Wildman–Crippen MR) is 148 cm³/mol. The van der Waals surface area contributed by atoms with Crippen LogP contribution in [0, 0.1) is 0 Å². The van der Waals surface area contributed by atoms with Gasteiger partial charge in [0, 0.05) is 39.3 Å². The van der Waals surface area contributed by atoms with Crippen molar-refractivity contribution in [2.24, 2.45) is 0 Å². The fraction of sp³-hybridized carbons (Fsp3) is 0.0345. The van der Waals surface area contributed by atoms with E-state index in [9.17, 15) is 0 Å². The molecule has 0 unspecified atom stereocenters. The summed E-state index contributed by atoms with van der Waals surface area (Å²) in [6, 6.07) is 28.3. The Bertz CT molecular complexity index is 1630. The Kier molecular flexibility index (Phi) is 6.11. The van der Waals surface area contributed by atoms with Crippen LogP contribution in [0.2, 0.25) is 5.02 Å². The first-order chi connectivity index (χ1) is 17.7. The quantitative estimate of drug-likeness (QED) is 0.250. The molecule has 7 heteroatoms. The number of aromatic nitrogens is 4. The van der Waals surface area contributed by atoms with Crippen LogP contribution in [0.1, 0.15) is 11.1 Å². The molecule has 0 amide bonds. The molecule has 0 spiro atoms. The molecule has 36 heavy (non-hydrogen) atoms. The molecule has 6 rings (SSSR count). The van der Waals surface area contributed by atoms with E-state index in [1.807, 2.05) is 47.8 Å². The summed E-state index contributed by atoms with van der Waals surface area (Å²) in [6.07, 6.45) is 4.35. The van der Waals surface area contributed by atoms with E-state index in [1.165, 1.54) is 22.5 Å². The highest BCUT2D eigenvalue weighted by Gasteiger charge is 2.13. The van der Waals surface area contributed by atoms with Crippen molar-refractivity contribution >= 4 is 44.8 Å². The summed E-state index contributed by atoms with van der Waals surface area (Å²) < 4.78 is 0. The van der Waals surface area contributed by atoms with Gasteiger partial charge in [-0.2, -0.15) is 0 Å². The molecule has 0 atom stereocenters. The molecule has 0 aliphatic heterocycles. The van der Waals surface area contributed by atoms with Crippen molar-refractivity contribution in [1.82, 2.24) is 19.9 Å². The van der Waals surface area contributed by atoms with Gasteiger partial charge in [0.15, 0.2) is 11.0 Å². The second kappa shape index (κ2) is 9.85. The SMILES string of the molecule is Clc1ccc(-c2csc(Nc3nc(-c4cccnc4)nc4ccc(Cc5ccccc5)cc34)n2)cc1. The molecule has 0 saturated heterocycles. The highest BCUT2D eigenvalue weighted by atomic mass is 35.5. The third-order valence-electron chi connectivity index (χ3n) is 5.80.